The van der Waals surface area contributed by atoms with Crippen molar-refractivity contribution in [2.45, 2.75) is 39.5 Å². The predicted octanol–water partition coefficient (Wildman–Crippen LogP) is 3.51. The van der Waals surface area contributed by atoms with Crippen molar-refractivity contribution in [3.8, 4) is 11.1 Å². The molecule has 2 rings (SSSR count). The maximum atomic E-state index is 12.5. The van der Waals surface area contributed by atoms with Crippen LogP contribution < -0.4 is 10.6 Å². The Balaban J connectivity index is 1.93. The van der Waals surface area contributed by atoms with Gasteiger partial charge in [-0.25, -0.2) is 5.06 Å². The summed E-state index contributed by atoms with van der Waals surface area (Å²) in [6.07, 6.45) is 3.62. The van der Waals surface area contributed by atoms with Crippen molar-refractivity contribution in [2.75, 3.05) is 13.2 Å². The van der Waals surface area contributed by atoms with Crippen LogP contribution >= 0.6 is 0 Å². The molecule has 1 atom stereocenters. The number of nitrogens with one attached hydrogen (secondary N) is 2. The minimum absolute atomic E-state index is 0.0386. The van der Waals surface area contributed by atoms with E-state index < -0.39 is 5.92 Å². The first-order valence-electron chi connectivity index (χ1n) is 10.6. The Morgan fingerprint density at radius 2 is 1.77 bits per heavy atom. The molecule has 3 N–H and O–H groups in total. The molecule has 7 heteroatoms. The largest absolute Gasteiger partial charge is 0.338 e. The van der Waals surface area contributed by atoms with Crippen LogP contribution in [0.25, 0.3) is 11.1 Å². The second-order valence-electron chi connectivity index (χ2n) is 7.59. The van der Waals surface area contributed by atoms with Crippen LogP contribution in [0.4, 0.5) is 0 Å². The fourth-order valence-electron chi connectivity index (χ4n) is 3.34. The zero-order valence-corrected chi connectivity index (χ0v) is 18.1. The highest BCUT2D eigenvalue weighted by Gasteiger charge is 2.20. The van der Waals surface area contributed by atoms with E-state index in [9.17, 15) is 19.6 Å². The molecule has 0 aliphatic rings. The zero-order chi connectivity index (χ0) is 22.6. The van der Waals surface area contributed by atoms with E-state index in [4.69, 9.17) is 0 Å². The molecule has 0 aliphatic heterocycles. The normalized spacial score (nSPS) is 11.5. The molecule has 3 amide bonds. The Bertz CT molecular complexity index is 885. The van der Waals surface area contributed by atoms with Crippen LogP contribution in [0, 0.1) is 12.8 Å². The minimum Gasteiger partial charge on any atom is -0.338 e. The number of carbonyl (C=O) groups excluding carboxylic acids is 3. The van der Waals surface area contributed by atoms with Crippen LogP contribution in [-0.4, -0.2) is 41.7 Å². The molecule has 166 valence electrons. The van der Waals surface area contributed by atoms with Crippen molar-refractivity contribution in [3.05, 3.63) is 59.7 Å². The third kappa shape index (κ3) is 7.86. The summed E-state index contributed by atoms with van der Waals surface area (Å²) in [5.74, 6) is -1.15. The van der Waals surface area contributed by atoms with Gasteiger partial charge in [-0.2, -0.15) is 0 Å². The molecule has 0 heterocycles. The van der Waals surface area contributed by atoms with Gasteiger partial charge in [0.25, 0.3) is 5.91 Å². The summed E-state index contributed by atoms with van der Waals surface area (Å²) in [5, 5.41) is 15.3. The van der Waals surface area contributed by atoms with Gasteiger partial charge >= 0.3 is 0 Å². The van der Waals surface area contributed by atoms with Crippen molar-refractivity contribution in [3.63, 3.8) is 0 Å². The van der Waals surface area contributed by atoms with Crippen molar-refractivity contribution in [1.82, 2.24) is 15.7 Å². The van der Waals surface area contributed by atoms with Gasteiger partial charge in [0.2, 0.25) is 12.3 Å². The lowest BCUT2D eigenvalue weighted by Gasteiger charge is -2.19. The molecular weight excluding hydrogens is 394 g/mol. The van der Waals surface area contributed by atoms with Gasteiger partial charge in [0.1, 0.15) is 0 Å². The average Bonchev–Trinajstić information content (AvgIpc) is 2.78. The van der Waals surface area contributed by atoms with Crippen LogP contribution in [0.2, 0.25) is 0 Å². The molecule has 0 saturated carbocycles. The second-order valence-corrected chi connectivity index (χ2v) is 7.59. The smallest absolute Gasteiger partial charge is 0.252 e. The zero-order valence-electron chi connectivity index (χ0n) is 18.1. The minimum atomic E-state index is -0.539. The number of hydroxylamine groups is 2. The monoisotopic (exact) mass is 425 g/mol. The molecule has 7 nitrogen and oxygen atoms in total. The summed E-state index contributed by atoms with van der Waals surface area (Å²) in [4.78, 5) is 35.7. The Hall–Kier alpha value is -3.19. The lowest BCUT2D eigenvalue weighted by Crippen LogP contribution is -2.43. The molecule has 0 aliphatic carbocycles. The van der Waals surface area contributed by atoms with E-state index in [0.717, 1.165) is 36.0 Å². The molecule has 2 aromatic carbocycles. The van der Waals surface area contributed by atoms with Gasteiger partial charge in [-0.05, 0) is 36.6 Å². The maximum absolute atomic E-state index is 12.5. The molecule has 0 radical (unpaired) electrons. The van der Waals surface area contributed by atoms with E-state index in [2.05, 4.69) is 23.6 Å². The van der Waals surface area contributed by atoms with E-state index in [1.165, 1.54) is 0 Å². The molecule has 0 fully saturated rings. The fraction of sp³-hybridized carbons (Fsp3) is 0.375. The number of nitrogens with zero attached hydrogens (tertiary/aromatic N) is 1. The van der Waals surface area contributed by atoms with Crippen molar-refractivity contribution >= 4 is 18.2 Å². The summed E-state index contributed by atoms with van der Waals surface area (Å²) in [6.45, 7) is 3.96. The molecule has 31 heavy (non-hydrogen) atoms. The lowest BCUT2D eigenvalue weighted by atomic mass is 10.00. The van der Waals surface area contributed by atoms with Gasteiger partial charge < -0.3 is 10.6 Å². The highest BCUT2D eigenvalue weighted by molar-refractivity contribution is 5.95. The predicted molar refractivity (Wildman–Crippen MR) is 119 cm³/mol. The lowest BCUT2D eigenvalue weighted by molar-refractivity contribution is -0.154. The Kier molecular flexibility index (Phi) is 9.71. The summed E-state index contributed by atoms with van der Waals surface area (Å²) in [7, 11) is 0. The number of unbranched alkanes of at least 4 members (excludes halogenated alkanes) is 2. The van der Waals surface area contributed by atoms with Crippen LogP contribution in [0.3, 0.4) is 0 Å². The number of hydrogen-bond donors (Lipinski definition) is 3. The van der Waals surface area contributed by atoms with E-state index >= 15 is 0 Å². The van der Waals surface area contributed by atoms with Gasteiger partial charge in [-0.15, -0.1) is 0 Å². The summed E-state index contributed by atoms with van der Waals surface area (Å²) in [5.41, 5.74) is 3.60. The summed E-state index contributed by atoms with van der Waals surface area (Å²) < 4.78 is 0. The van der Waals surface area contributed by atoms with Crippen molar-refractivity contribution in [1.29, 1.82) is 0 Å². The maximum Gasteiger partial charge on any atom is 0.252 e. The summed E-state index contributed by atoms with van der Waals surface area (Å²) >= 11 is 0. The van der Waals surface area contributed by atoms with Gasteiger partial charge in [0.15, 0.2) is 0 Å². The number of rotatable bonds is 12. The van der Waals surface area contributed by atoms with Gasteiger partial charge in [-0.3, -0.25) is 19.6 Å². The van der Waals surface area contributed by atoms with E-state index in [1.54, 1.807) is 6.07 Å². The molecular formula is C24H31N3O4. The van der Waals surface area contributed by atoms with E-state index in [1.807, 2.05) is 43.3 Å². The van der Waals surface area contributed by atoms with Crippen LogP contribution in [0.5, 0.6) is 0 Å². The molecule has 0 saturated heterocycles. The molecule has 0 spiro atoms. The molecule has 0 unspecified atom stereocenters. The van der Waals surface area contributed by atoms with Crippen LogP contribution in [-0.2, 0) is 9.59 Å². The molecule has 0 bridgehead atoms. The van der Waals surface area contributed by atoms with Crippen molar-refractivity contribution in [2.24, 2.45) is 5.92 Å². The molecule has 2 aromatic rings. The first kappa shape index (κ1) is 24.1. The first-order chi connectivity index (χ1) is 14.9. The van der Waals surface area contributed by atoms with Gasteiger partial charge in [-0.1, -0.05) is 68.1 Å². The highest BCUT2D eigenvalue weighted by atomic mass is 16.5. The van der Waals surface area contributed by atoms with E-state index in [0.29, 0.717) is 17.0 Å². The van der Waals surface area contributed by atoms with Crippen molar-refractivity contribution < 1.29 is 19.6 Å². The quantitative estimate of drug-likeness (QED) is 0.159. The third-order valence-electron chi connectivity index (χ3n) is 5.04. The topological polar surface area (TPSA) is 98.7 Å². The summed E-state index contributed by atoms with van der Waals surface area (Å²) in [6, 6.07) is 15.3. The standard InChI is InChI=1S/C24H31N3O4/c1-3-4-5-9-22(15-27(31)17-28)24(30)26-16-25-23(29)21-12-7-11-20(14-21)19-10-6-8-18(2)13-19/h6-8,10-14,17,22,31H,3-5,9,15-16H2,1-2H3,(H,25,29)(H,26,30)/t22-/m1/s1. The SMILES string of the molecule is CCCCC[C@H](CN(O)C=O)C(=O)NCNC(=O)c1cccc(-c2cccc(C)c2)c1. The van der Waals surface area contributed by atoms with E-state index in [-0.39, 0.29) is 31.4 Å². The second kappa shape index (κ2) is 12.5. The Morgan fingerprint density at radius 3 is 2.45 bits per heavy atom. The Morgan fingerprint density at radius 1 is 1.06 bits per heavy atom. The molecule has 0 aromatic heterocycles. The fourth-order valence-corrected chi connectivity index (χ4v) is 3.34. The number of hydrogen-bond acceptors (Lipinski definition) is 4. The van der Waals surface area contributed by atoms with Crippen LogP contribution in [0.15, 0.2) is 48.5 Å². The number of aryl methyl sites for hydroxylation is 1. The highest BCUT2D eigenvalue weighted by Crippen LogP contribution is 2.21. The number of benzene rings is 2. The van der Waals surface area contributed by atoms with Crippen LogP contribution in [0.1, 0.15) is 48.5 Å². The van der Waals surface area contributed by atoms with Gasteiger partial charge in [0, 0.05) is 5.56 Å². The Labute approximate surface area is 183 Å². The van der Waals surface area contributed by atoms with Gasteiger partial charge in [0.05, 0.1) is 19.1 Å². The first-order valence-corrected chi connectivity index (χ1v) is 10.6. The average molecular weight is 426 g/mol. The number of amides is 3. The number of carbonyl (C=O) groups is 3. The third-order valence-corrected chi connectivity index (χ3v) is 5.04.